The van der Waals surface area contributed by atoms with Crippen LogP contribution in [0, 0.1) is 5.92 Å². The van der Waals surface area contributed by atoms with Crippen molar-refractivity contribution in [1.82, 2.24) is 29.7 Å². The molecule has 186 valence electrons. The molecule has 10 heteroatoms. The third-order valence-corrected chi connectivity index (χ3v) is 6.79. The lowest BCUT2D eigenvalue weighted by molar-refractivity contribution is 0.0286. The Balaban J connectivity index is 1.17. The highest BCUT2D eigenvalue weighted by Crippen LogP contribution is 2.32. The molecule has 3 aromatic heterocycles. The smallest absolute Gasteiger partial charge is 0.410 e. The summed E-state index contributed by atoms with van der Waals surface area (Å²) in [7, 11) is 0. The van der Waals surface area contributed by atoms with Crippen molar-refractivity contribution >= 4 is 34.7 Å². The van der Waals surface area contributed by atoms with Crippen molar-refractivity contribution in [2.24, 2.45) is 5.92 Å². The monoisotopic (exact) mass is 497 g/mol. The van der Waals surface area contributed by atoms with Crippen LogP contribution in [0.25, 0.3) is 22.3 Å². The minimum Gasteiger partial charge on any atom is -0.444 e. The molecule has 0 saturated carbocycles. The first kappa shape index (κ1) is 23.8. The van der Waals surface area contributed by atoms with E-state index in [1.807, 2.05) is 44.0 Å². The van der Waals surface area contributed by atoms with Crippen molar-refractivity contribution in [3.8, 4) is 11.3 Å². The number of halogens is 1. The summed E-state index contributed by atoms with van der Waals surface area (Å²) in [4.78, 5) is 33.3. The number of anilines is 1. The minimum atomic E-state index is -0.461. The molecule has 1 amide bonds. The van der Waals surface area contributed by atoms with E-state index in [2.05, 4.69) is 25.2 Å². The lowest BCUT2D eigenvalue weighted by Gasteiger charge is -2.25. The van der Waals surface area contributed by atoms with E-state index < -0.39 is 5.60 Å². The highest BCUT2D eigenvalue weighted by Gasteiger charge is 2.32. The second-order valence-corrected chi connectivity index (χ2v) is 10.9. The summed E-state index contributed by atoms with van der Waals surface area (Å²) in [5, 5.41) is 4.97. The Labute approximate surface area is 210 Å². The average Bonchev–Trinajstić information content (AvgIpc) is 3.54. The molecule has 2 aliphatic rings. The van der Waals surface area contributed by atoms with Crippen LogP contribution in [0.5, 0.6) is 0 Å². The summed E-state index contributed by atoms with van der Waals surface area (Å²) in [5.74, 6) is 1.04. The Morgan fingerprint density at radius 3 is 2.94 bits per heavy atom. The molecule has 3 aromatic rings. The van der Waals surface area contributed by atoms with Crippen LogP contribution in [-0.2, 0) is 4.74 Å². The van der Waals surface area contributed by atoms with E-state index in [1.54, 1.807) is 12.4 Å². The first-order chi connectivity index (χ1) is 16.7. The van der Waals surface area contributed by atoms with Crippen molar-refractivity contribution in [3.63, 3.8) is 0 Å². The van der Waals surface area contributed by atoms with Crippen LogP contribution in [0.4, 0.5) is 10.7 Å². The van der Waals surface area contributed by atoms with Crippen LogP contribution >= 0.6 is 11.6 Å². The lowest BCUT2D eigenvalue weighted by atomic mass is 10.1. The van der Waals surface area contributed by atoms with Gasteiger partial charge in [0.15, 0.2) is 0 Å². The second-order valence-electron chi connectivity index (χ2n) is 10.5. The van der Waals surface area contributed by atoms with Gasteiger partial charge >= 0.3 is 6.09 Å². The van der Waals surface area contributed by atoms with E-state index in [1.165, 1.54) is 0 Å². The number of nitrogens with one attached hydrogen (secondary N) is 2. The Morgan fingerprint density at radius 2 is 2.11 bits per heavy atom. The first-order valence-electron chi connectivity index (χ1n) is 12.2. The van der Waals surface area contributed by atoms with Crippen LogP contribution in [-0.4, -0.2) is 80.2 Å². The van der Waals surface area contributed by atoms with E-state index in [4.69, 9.17) is 21.3 Å². The van der Waals surface area contributed by atoms with Crippen LogP contribution in [0.3, 0.4) is 0 Å². The Kier molecular flexibility index (Phi) is 6.55. The predicted molar refractivity (Wildman–Crippen MR) is 137 cm³/mol. The maximum absolute atomic E-state index is 12.4. The fraction of sp³-hybridized carbons (Fsp3) is 0.520. The molecule has 0 bridgehead atoms. The summed E-state index contributed by atoms with van der Waals surface area (Å²) >= 11 is 6.46. The lowest BCUT2D eigenvalue weighted by Crippen LogP contribution is -2.36. The molecule has 2 fully saturated rings. The number of hydrogen-bond donors (Lipinski definition) is 2. The molecular weight excluding hydrogens is 466 g/mol. The summed E-state index contributed by atoms with van der Waals surface area (Å²) in [5.41, 5.74) is 1.94. The van der Waals surface area contributed by atoms with Crippen LogP contribution in [0.15, 0.2) is 30.7 Å². The number of carbonyl (C=O) groups is 1. The highest BCUT2D eigenvalue weighted by molar-refractivity contribution is 6.33. The number of pyridine rings is 1. The van der Waals surface area contributed by atoms with Crippen LogP contribution in [0.1, 0.15) is 33.6 Å². The van der Waals surface area contributed by atoms with E-state index in [0.29, 0.717) is 22.6 Å². The number of ether oxygens (including phenoxy) is 1. The van der Waals surface area contributed by atoms with Gasteiger partial charge < -0.3 is 24.8 Å². The van der Waals surface area contributed by atoms with Crippen molar-refractivity contribution in [1.29, 1.82) is 0 Å². The van der Waals surface area contributed by atoms with Gasteiger partial charge in [0, 0.05) is 62.1 Å². The number of rotatable bonds is 5. The number of amides is 1. The largest absolute Gasteiger partial charge is 0.444 e. The van der Waals surface area contributed by atoms with E-state index >= 15 is 0 Å². The molecule has 5 rings (SSSR count). The van der Waals surface area contributed by atoms with Gasteiger partial charge in [-0.1, -0.05) is 11.6 Å². The standard InChI is InChI=1S/C25H32ClN7O2/c1-25(2,3)35-24(34)33-10-6-16(14-33)13-32-9-7-17(15-32)30-23-29-12-20(26)21(31-23)19-11-28-22-18(19)5-4-8-27-22/h4-5,8,11-12,16-17H,6-7,9-10,13-15H2,1-3H3,(H,27,28)(H,29,30,31)/t16?,17-/m1/s1. The van der Waals surface area contributed by atoms with Gasteiger partial charge in [-0.25, -0.2) is 19.7 Å². The van der Waals surface area contributed by atoms with E-state index in [9.17, 15) is 4.79 Å². The molecule has 2 N–H and O–H groups in total. The quantitative estimate of drug-likeness (QED) is 0.538. The predicted octanol–water partition coefficient (Wildman–Crippen LogP) is 4.42. The van der Waals surface area contributed by atoms with Crippen molar-refractivity contribution < 1.29 is 9.53 Å². The second kappa shape index (κ2) is 9.62. The zero-order valence-corrected chi connectivity index (χ0v) is 21.2. The maximum atomic E-state index is 12.4. The topological polar surface area (TPSA) is 99.3 Å². The molecule has 1 unspecified atom stereocenters. The number of aromatic amines is 1. The third kappa shape index (κ3) is 5.51. The summed E-state index contributed by atoms with van der Waals surface area (Å²) in [6, 6.07) is 4.16. The molecule has 0 radical (unpaired) electrons. The molecule has 2 aliphatic heterocycles. The minimum absolute atomic E-state index is 0.206. The van der Waals surface area contributed by atoms with E-state index in [-0.39, 0.29) is 12.1 Å². The molecule has 2 atom stereocenters. The zero-order valence-electron chi connectivity index (χ0n) is 20.4. The highest BCUT2D eigenvalue weighted by atomic mass is 35.5. The zero-order chi connectivity index (χ0) is 24.6. The van der Waals surface area contributed by atoms with Gasteiger partial charge in [-0.3, -0.25) is 0 Å². The molecule has 35 heavy (non-hydrogen) atoms. The number of fused-ring (bicyclic) bond motifs is 1. The molecule has 2 saturated heterocycles. The molecule has 0 aromatic carbocycles. The SMILES string of the molecule is CC(C)(C)OC(=O)N1CCC(CN2CC[C@@H](Nc3ncc(Cl)c(-c4c[nH]c5ncccc45)n3)C2)C1. The molecule has 0 spiro atoms. The van der Waals surface area contributed by atoms with Crippen LogP contribution in [0.2, 0.25) is 5.02 Å². The molecule has 0 aliphatic carbocycles. The summed E-state index contributed by atoms with van der Waals surface area (Å²) < 4.78 is 5.53. The molecule has 9 nitrogen and oxygen atoms in total. The van der Waals surface area contributed by atoms with Crippen LogP contribution < -0.4 is 5.32 Å². The number of aromatic nitrogens is 4. The number of nitrogens with zero attached hydrogens (tertiary/aromatic N) is 5. The van der Waals surface area contributed by atoms with Gasteiger partial charge in [-0.05, 0) is 51.7 Å². The fourth-order valence-electron chi connectivity index (χ4n) is 4.92. The number of likely N-dealkylation sites (tertiary alicyclic amines) is 2. The van der Waals surface area contributed by atoms with Gasteiger partial charge in [0.05, 0.1) is 16.9 Å². The summed E-state index contributed by atoms with van der Waals surface area (Å²) in [6.45, 7) is 10.1. The van der Waals surface area contributed by atoms with Gasteiger partial charge in [0.25, 0.3) is 0 Å². The Morgan fingerprint density at radius 1 is 1.26 bits per heavy atom. The van der Waals surface area contributed by atoms with Crippen molar-refractivity contribution in [3.05, 3.63) is 35.7 Å². The number of hydrogen-bond acceptors (Lipinski definition) is 7. The van der Waals surface area contributed by atoms with Crippen molar-refractivity contribution in [2.75, 3.05) is 38.0 Å². The molecular formula is C25H32ClN7O2. The van der Waals surface area contributed by atoms with Gasteiger partial charge in [0.1, 0.15) is 11.2 Å². The Bertz CT molecular complexity index is 1210. The van der Waals surface area contributed by atoms with Gasteiger partial charge in [0.2, 0.25) is 5.95 Å². The van der Waals surface area contributed by atoms with E-state index in [0.717, 1.165) is 62.2 Å². The van der Waals surface area contributed by atoms with Crippen molar-refractivity contribution in [2.45, 2.75) is 45.3 Å². The number of carbonyl (C=O) groups excluding carboxylic acids is 1. The first-order valence-corrected chi connectivity index (χ1v) is 12.5. The van der Waals surface area contributed by atoms with Gasteiger partial charge in [-0.2, -0.15) is 0 Å². The third-order valence-electron chi connectivity index (χ3n) is 6.51. The fourth-order valence-corrected chi connectivity index (χ4v) is 5.11. The average molecular weight is 498 g/mol. The number of H-pyrrole nitrogens is 1. The maximum Gasteiger partial charge on any atom is 0.410 e. The normalized spacial score (nSPS) is 21.1. The Hall–Kier alpha value is -2.91. The summed E-state index contributed by atoms with van der Waals surface area (Å²) in [6.07, 6.45) is 7.11. The van der Waals surface area contributed by atoms with Gasteiger partial charge in [-0.15, -0.1) is 0 Å². The molecule has 5 heterocycles.